The zero-order chi connectivity index (χ0) is 8.81. The zero-order valence-corrected chi connectivity index (χ0v) is 7.88. The van der Waals surface area contributed by atoms with Gasteiger partial charge in [-0.3, -0.25) is 0 Å². The van der Waals surface area contributed by atoms with E-state index in [2.05, 4.69) is 18.8 Å². The van der Waals surface area contributed by atoms with Gasteiger partial charge in [-0.25, -0.2) is 0 Å². The average molecular weight is 169 g/mol. The maximum atomic E-state index is 5.28. The fourth-order valence-electron chi connectivity index (χ4n) is 1.58. The molecule has 0 amide bonds. The molecule has 2 nitrogen and oxygen atoms in total. The summed E-state index contributed by atoms with van der Waals surface area (Å²) in [6.07, 6.45) is 5.33. The van der Waals surface area contributed by atoms with Crippen LogP contribution in [-0.4, -0.2) is 25.3 Å². The van der Waals surface area contributed by atoms with Crippen molar-refractivity contribution in [2.24, 2.45) is 0 Å². The Bertz CT molecular complexity index is 130. The molecule has 0 aliphatic carbocycles. The highest BCUT2D eigenvalue weighted by molar-refractivity contribution is 4.79. The van der Waals surface area contributed by atoms with E-state index >= 15 is 0 Å². The molecule has 1 aliphatic heterocycles. The molecule has 0 bridgehead atoms. The van der Waals surface area contributed by atoms with Gasteiger partial charge >= 0.3 is 0 Å². The Morgan fingerprint density at radius 2 is 2.25 bits per heavy atom. The van der Waals surface area contributed by atoms with Gasteiger partial charge in [0.1, 0.15) is 0 Å². The van der Waals surface area contributed by atoms with Crippen LogP contribution in [0.1, 0.15) is 26.2 Å². The fourth-order valence-corrected chi connectivity index (χ4v) is 1.58. The molecule has 0 saturated carbocycles. The molecule has 1 aliphatic rings. The van der Waals surface area contributed by atoms with Crippen LogP contribution in [0.4, 0.5) is 0 Å². The first-order chi connectivity index (χ1) is 5.83. The number of ether oxygens (including phenoxy) is 1. The Labute approximate surface area is 75.0 Å². The molecular formula is C10H19NO. The van der Waals surface area contributed by atoms with Gasteiger partial charge in [0.25, 0.3) is 0 Å². The van der Waals surface area contributed by atoms with Crippen LogP contribution >= 0.6 is 0 Å². The van der Waals surface area contributed by atoms with Crippen molar-refractivity contribution in [2.75, 3.05) is 13.2 Å². The van der Waals surface area contributed by atoms with Crippen LogP contribution in [0.3, 0.4) is 0 Å². The second kappa shape index (κ2) is 5.33. The van der Waals surface area contributed by atoms with Crippen molar-refractivity contribution in [1.82, 2.24) is 5.32 Å². The van der Waals surface area contributed by atoms with Gasteiger partial charge in [0.05, 0.1) is 0 Å². The van der Waals surface area contributed by atoms with Gasteiger partial charge in [-0.05, 0) is 26.2 Å². The van der Waals surface area contributed by atoms with Crippen molar-refractivity contribution < 1.29 is 4.74 Å². The summed E-state index contributed by atoms with van der Waals surface area (Å²) < 4.78 is 5.28. The highest BCUT2D eigenvalue weighted by Gasteiger charge is 2.14. The van der Waals surface area contributed by atoms with Gasteiger partial charge in [0.2, 0.25) is 0 Å². The SMILES string of the molecule is C=CCC(C)NC1CCOCC1. The largest absolute Gasteiger partial charge is 0.381 e. The molecule has 2 heteroatoms. The molecule has 70 valence electrons. The van der Waals surface area contributed by atoms with E-state index in [-0.39, 0.29) is 0 Å². The highest BCUT2D eigenvalue weighted by Crippen LogP contribution is 2.07. The molecule has 1 atom stereocenters. The van der Waals surface area contributed by atoms with Gasteiger partial charge in [0, 0.05) is 25.3 Å². The van der Waals surface area contributed by atoms with Gasteiger partial charge in [-0.2, -0.15) is 0 Å². The maximum Gasteiger partial charge on any atom is 0.0480 e. The Morgan fingerprint density at radius 1 is 1.58 bits per heavy atom. The first-order valence-corrected chi connectivity index (χ1v) is 4.77. The third-order valence-corrected chi connectivity index (χ3v) is 2.26. The van der Waals surface area contributed by atoms with Crippen LogP contribution in [0.2, 0.25) is 0 Å². The Kier molecular flexibility index (Phi) is 4.33. The number of hydrogen-bond donors (Lipinski definition) is 1. The van der Waals surface area contributed by atoms with Crippen LogP contribution in [0.15, 0.2) is 12.7 Å². The third kappa shape index (κ3) is 3.37. The number of hydrogen-bond acceptors (Lipinski definition) is 2. The van der Waals surface area contributed by atoms with E-state index in [0.717, 1.165) is 32.5 Å². The molecule has 1 heterocycles. The lowest BCUT2D eigenvalue weighted by atomic mass is 10.1. The summed E-state index contributed by atoms with van der Waals surface area (Å²) in [7, 11) is 0. The summed E-state index contributed by atoms with van der Waals surface area (Å²) in [4.78, 5) is 0. The molecule has 0 aromatic rings. The fraction of sp³-hybridized carbons (Fsp3) is 0.800. The summed E-state index contributed by atoms with van der Waals surface area (Å²) in [6.45, 7) is 7.76. The minimum atomic E-state index is 0.561. The smallest absolute Gasteiger partial charge is 0.0480 e. The lowest BCUT2D eigenvalue weighted by Gasteiger charge is -2.26. The normalized spacial score (nSPS) is 22.1. The molecule has 12 heavy (non-hydrogen) atoms. The molecule has 0 radical (unpaired) electrons. The minimum Gasteiger partial charge on any atom is -0.381 e. The lowest BCUT2D eigenvalue weighted by Crippen LogP contribution is -2.39. The van der Waals surface area contributed by atoms with Crippen molar-refractivity contribution in [3.8, 4) is 0 Å². The Balaban J connectivity index is 2.15. The van der Waals surface area contributed by atoms with E-state index in [1.807, 2.05) is 6.08 Å². The molecule has 1 unspecified atom stereocenters. The molecule has 1 rings (SSSR count). The second-order valence-corrected chi connectivity index (χ2v) is 3.48. The van der Waals surface area contributed by atoms with E-state index in [1.54, 1.807) is 0 Å². The van der Waals surface area contributed by atoms with Crippen molar-refractivity contribution >= 4 is 0 Å². The molecule has 0 aromatic carbocycles. The third-order valence-electron chi connectivity index (χ3n) is 2.26. The van der Waals surface area contributed by atoms with E-state index in [1.165, 1.54) is 0 Å². The molecule has 0 aromatic heterocycles. The van der Waals surface area contributed by atoms with Crippen LogP contribution in [-0.2, 0) is 4.74 Å². The van der Waals surface area contributed by atoms with E-state index in [4.69, 9.17) is 4.74 Å². The number of rotatable bonds is 4. The lowest BCUT2D eigenvalue weighted by molar-refractivity contribution is 0.0755. The van der Waals surface area contributed by atoms with Crippen LogP contribution in [0.25, 0.3) is 0 Å². The van der Waals surface area contributed by atoms with E-state index in [9.17, 15) is 0 Å². The monoisotopic (exact) mass is 169 g/mol. The first-order valence-electron chi connectivity index (χ1n) is 4.77. The molecular weight excluding hydrogens is 150 g/mol. The first kappa shape index (κ1) is 9.75. The second-order valence-electron chi connectivity index (χ2n) is 3.48. The topological polar surface area (TPSA) is 21.3 Å². The van der Waals surface area contributed by atoms with Crippen LogP contribution in [0, 0.1) is 0 Å². The standard InChI is InChI=1S/C10H19NO/c1-3-4-9(2)11-10-5-7-12-8-6-10/h3,9-11H,1,4-8H2,2H3. The van der Waals surface area contributed by atoms with Crippen molar-refractivity contribution in [3.05, 3.63) is 12.7 Å². The molecule has 1 fully saturated rings. The Morgan fingerprint density at radius 3 is 2.83 bits per heavy atom. The highest BCUT2D eigenvalue weighted by atomic mass is 16.5. The van der Waals surface area contributed by atoms with Crippen molar-refractivity contribution in [2.45, 2.75) is 38.3 Å². The predicted octanol–water partition coefficient (Wildman–Crippen LogP) is 1.72. The molecule has 1 saturated heterocycles. The van der Waals surface area contributed by atoms with Gasteiger partial charge in [-0.1, -0.05) is 6.08 Å². The quantitative estimate of drug-likeness (QED) is 0.647. The van der Waals surface area contributed by atoms with Crippen LogP contribution < -0.4 is 5.32 Å². The Hall–Kier alpha value is -0.340. The minimum absolute atomic E-state index is 0.561. The van der Waals surface area contributed by atoms with Gasteiger partial charge < -0.3 is 10.1 Å². The summed E-state index contributed by atoms with van der Waals surface area (Å²) >= 11 is 0. The summed E-state index contributed by atoms with van der Waals surface area (Å²) in [5.74, 6) is 0. The molecule has 0 spiro atoms. The van der Waals surface area contributed by atoms with E-state index < -0.39 is 0 Å². The summed E-state index contributed by atoms with van der Waals surface area (Å²) in [5.41, 5.74) is 0. The summed E-state index contributed by atoms with van der Waals surface area (Å²) in [5, 5.41) is 3.57. The van der Waals surface area contributed by atoms with Gasteiger partial charge in [0.15, 0.2) is 0 Å². The molecule has 1 N–H and O–H groups in total. The van der Waals surface area contributed by atoms with Crippen molar-refractivity contribution in [1.29, 1.82) is 0 Å². The number of nitrogens with one attached hydrogen (secondary N) is 1. The van der Waals surface area contributed by atoms with Gasteiger partial charge in [-0.15, -0.1) is 6.58 Å². The maximum absolute atomic E-state index is 5.28. The zero-order valence-electron chi connectivity index (χ0n) is 7.88. The average Bonchev–Trinajstić information content (AvgIpc) is 2.06. The van der Waals surface area contributed by atoms with Crippen LogP contribution in [0.5, 0.6) is 0 Å². The summed E-state index contributed by atoms with van der Waals surface area (Å²) in [6, 6.07) is 1.22. The predicted molar refractivity (Wildman–Crippen MR) is 51.3 cm³/mol. The van der Waals surface area contributed by atoms with Crippen molar-refractivity contribution in [3.63, 3.8) is 0 Å². The van der Waals surface area contributed by atoms with E-state index in [0.29, 0.717) is 12.1 Å².